The first-order chi connectivity index (χ1) is 9.94. The molecule has 0 bridgehead atoms. The molecule has 21 heavy (non-hydrogen) atoms. The Bertz CT molecular complexity index is 546. The Labute approximate surface area is 127 Å². The average Bonchev–Trinajstić information content (AvgIpc) is 2.47. The van der Waals surface area contributed by atoms with Crippen molar-refractivity contribution < 1.29 is 13.2 Å². The van der Waals surface area contributed by atoms with Crippen molar-refractivity contribution in [2.75, 3.05) is 40.8 Å². The van der Waals surface area contributed by atoms with Gasteiger partial charge in [0.05, 0.1) is 7.11 Å². The minimum absolute atomic E-state index is 0.178. The van der Waals surface area contributed by atoms with Gasteiger partial charge in [-0.15, -0.1) is 0 Å². The van der Waals surface area contributed by atoms with Crippen molar-refractivity contribution in [2.45, 2.75) is 18.4 Å². The zero-order chi connectivity index (χ0) is 15.9. The lowest BCUT2D eigenvalue weighted by Crippen LogP contribution is -2.33. The van der Waals surface area contributed by atoms with E-state index in [1.807, 2.05) is 32.0 Å². The Kier molecular flexibility index (Phi) is 7.10. The van der Waals surface area contributed by atoms with E-state index in [0.29, 0.717) is 25.4 Å². The quantitative estimate of drug-likeness (QED) is 0.700. The fraction of sp³-hybridized carbons (Fsp3) is 0.571. The molecule has 0 unspecified atom stereocenters. The first kappa shape index (κ1) is 17.9. The van der Waals surface area contributed by atoms with E-state index in [2.05, 4.69) is 10.0 Å². The third kappa shape index (κ3) is 5.28. The molecule has 1 rings (SSSR count). The summed E-state index contributed by atoms with van der Waals surface area (Å²) in [5.74, 6) is 0.353. The van der Waals surface area contributed by atoms with Gasteiger partial charge in [-0.05, 0) is 38.3 Å². The van der Waals surface area contributed by atoms with E-state index in [4.69, 9.17) is 4.74 Å². The van der Waals surface area contributed by atoms with Crippen molar-refractivity contribution in [3.8, 4) is 5.75 Å². The summed E-state index contributed by atoms with van der Waals surface area (Å²) in [6.07, 6.45) is 0. The molecule has 1 aromatic carbocycles. The highest BCUT2D eigenvalue weighted by Crippen LogP contribution is 2.24. The van der Waals surface area contributed by atoms with Crippen molar-refractivity contribution in [1.29, 1.82) is 0 Å². The maximum atomic E-state index is 12.4. The van der Waals surface area contributed by atoms with Gasteiger partial charge in [0, 0.05) is 19.6 Å². The second kappa shape index (κ2) is 8.33. The number of likely N-dealkylation sites (N-methyl/N-ethyl adjacent to an activating group) is 1. The molecular formula is C14H25N3O3S. The number of methoxy groups -OCH3 is 1. The van der Waals surface area contributed by atoms with Gasteiger partial charge in [0.2, 0.25) is 10.0 Å². The topological polar surface area (TPSA) is 70.7 Å². The van der Waals surface area contributed by atoms with Crippen LogP contribution in [0, 0.1) is 0 Å². The highest BCUT2D eigenvalue weighted by atomic mass is 32.2. The van der Waals surface area contributed by atoms with Crippen LogP contribution in [0.25, 0.3) is 0 Å². The van der Waals surface area contributed by atoms with Gasteiger partial charge in [-0.25, -0.2) is 13.1 Å². The Morgan fingerprint density at radius 3 is 2.62 bits per heavy atom. The highest BCUT2D eigenvalue weighted by molar-refractivity contribution is 7.89. The normalized spacial score (nSPS) is 11.9. The van der Waals surface area contributed by atoms with E-state index >= 15 is 0 Å². The van der Waals surface area contributed by atoms with Gasteiger partial charge in [0.1, 0.15) is 10.6 Å². The molecule has 0 aliphatic heterocycles. The highest BCUT2D eigenvalue weighted by Gasteiger charge is 2.19. The number of hydrogen-bond acceptors (Lipinski definition) is 5. The molecule has 0 fully saturated rings. The molecular weight excluding hydrogens is 290 g/mol. The van der Waals surface area contributed by atoms with Crippen LogP contribution in [-0.2, 0) is 16.6 Å². The van der Waals surface area contributed by atoms with E-state index in [1.54, 1.807) is 12.1 Å². The number of benzene rings is 1. The third-order valence-electron chi connectivity index (χ3n) is 3.22. The van der Waals surface area contributed by atoms with Crippen LogP contribution < -0.4 is 14.8 Å². The van der Waals surface area contributed by atoms with Gasteiger partial charge in [0.25, 0.3) is 0 Å². The summed E-state index contributed by atoms with van der Waals surface area (Å²) in [5, 5.41) is 3.00. The summed E-state index contributed by atoms with van der Waals surface area (Å²) >= 11 is 0. The lowest BCUT2D eigenvalue weighted by atomic mass is 10.2. The molecule has 0 aliphatic rings. The Morgan fingerprint density at radius 1 is 1.33 bits per heavy atom. The molecule has 0 aromatic heterocycles. The van der Waals surface area contributed by atoms with Gasteiger partial charge in [-0.3, -0.25) is 0 Å². The molecule has 6 nitrogen and oxygen atoms in total. The van der Waals surface area contributed by atoms with Crippen LogP contribution in [0.5, 0.6) is 5.75 Å². The van der Waals surface area contributed by atoms with Gasteiger partial charge in [-0.1, -0.05) is 13.0 Å². The Balaban J connectivity index is 2.92. The van der Waals surface area contributed by atoms with Gasteiger partial charge >= 0.3 is 0 Å². The van der Waals surface area contributed by atoms with Crippen molar-refractivity contribution in [1.82, 2.24) is 14.9 Å². The molecule has 2 N–H and O–H groups in total. The smallest absolute Gasteiger partial charge is 0.244 e. The van der Waals surface area contributed by atoms with Crippen LogP contribution in [0.15, 0.2) is 23.1 Å². The molecule has 0 heterocycles. The van der Waals surface area contributed by atoms with Crippen molar-refractivity contribution in [3.05, 3.63) is 23.8 Å². The molecule has 0 amide bonds. The number of ether oxygens (including phenoxy) is 1. The van der Waals surface area contributed by atoms with E-state index in [-0.39, 0.29) is 4.90 Å². The van der Waals surface area contributed by atoms with Crippen molar-refractivity contribution >= 4 is 10.0 Å². The molecule has 0 spiro atoms. The number of sulfonamides is 1. The number of nitrogens with one attached hydrogen (secondary N) is 2. The minimum atomic E-state index is -3.58. The second-order valence-electron chi connectivity index (χ2n) is 4.81. The Morgan fingerprint density at radius 2 is 2.05 bits per heavy atom. The largest absolute Gasteiger partial charge is 0.495 e. The molecule has 7 heteroatoms. The number of nitrogens with zero attached hydrogens (tertiary/aromatic N) is 1. The molecule has 120 valence electrons. The van der Waals surface area contributed by atoms with Crippen LogP contribution in [-0.4, -0.2) is 54.2 Å². The standard InChI is InChI=1S/C14H25N3O3S/c1-5-17(3)9-8-16-21(18,19)14-10-12(11-15-2)6-7-13(14)20-4/h6-7,10,15-16H,5,8-9,11H2,1-4H3. The van der Waals surface area contributed by atoms with E-state index in [1.165, 1.54) is 7.11 Å². The van der Waals surface area contributed by atoms with Crippen molar-refractivity contribution in [2.24, 2.45) is 0 Å². The lowest BCUT2D eigenvalue weighted by Gasteiger charge is -2.15. The minimum Gasteiger partial charge on any atom is -0.495 e. The van der Waals surface area contributed by atoms with Gasteiger partial charge in [0.15, 0.2) is 0 Å². The summed E-state index contributed by atoms with van der Waals surface area (Å²) in [6.45, 7) is 4.53. The molecule has 0 radical (unpaired) electrons. The summed E-state index contributed by atoms with van der Waals surface area (Å²) in [4.78, 5) is 2.22. The SMILES string of the molecule is CCN(C)CCNS(=O)(=O)c1cc(CNC)ccc1OC. The van der Waals surface area contributed by atoms with Crippen LogP contribution in [0.3, 0.4) is 0 Å². The van der Waals surface area contributed by atoms with Crippen LogP contribution in [0.2, 0.25) is 0 Å². The average molecular weight is 315 g/mol. The predicted octanol–water partition coefficient (Wildman–Crippen LogP) is 0.645. The lowest BCUT2D eigenvalue weighted by molar-refractivity contribution is 0.357. The maximum Gasteiger partial charge on any atom is 0.244 e. The fourth-order valence-electron chi connectivity index (χ4n) is 1.85. The van der Waals surface area contributed by atoms with E-state index in [0.717, 1.165) is 12.1 Å². The predicted molar refractivity (Wildman–Crippen MR) is 84.1 cm³/mol. The monoisotopic (exact) mass is 315 g/mol. The van der Waals surface area contributed by atoms with Crippen LogP contribution in [0.1, 0.15) is 12.5 Å². The zero-order valence-electron chi connectivity index (χ0n) is 13.1. The summed E-state index contributed by atoms with van der Waals surface area (Å²) in [7, 11) is 1.66. The number of rotatable bonds is 9. The molecule has 0 aliphatic carbocycles. The molecule has 0 saturated carbocycles. The summed E-state index contributed by atoms with van der Waals surface area (Å²) < 4.78 is 32.6. The summed E-state index contributed by atoms with van der Waals surface area (Å²) in [5.41, 5.74) is 0.893. The first-order valence-electron chi connectivity index (χ1n) is 6.94. The number of hydrogen-bond donors (Lipinski definition) is 2. The van der Waals surface area contributed by atoms with E-state index in [9.17, 15) is 8.42 Å². The molecule has 0 saturated heterocycles. The zero-order valence-corrected chi connectivity index (χ0v) is 14.0. The maximum absolute atomic E-state index is 12.4. The Hall–Kier alpha value is -1.15. The third-order valence-corrected chi connectivity index (χ3v) is 4.71. The van der Waals surface area contributed by atoms with Gasteiger partial charge < -0.3 is 15.0 Å². The van der Waals surface area contributed by atoms with Gasteiger partial charge in [-0.2, -0.15) is 0 Å². The second-order valence-corrected chi connectivity index (χ2v) is 6.54. The van der Waals surface area contributed by atoms with Crippen LogP contribution >= 0.6 is 0 Å². The molecule has 1 aromatic rings. The fourth-order valence-corrected chi connectivity index (χ4v) is 3.09. The molecule has 0 atom stereocenters. The van der Waals surface area contributed by atoms with Crippen LogP contribution in [0.4, 0.5) is 0 Å². The van der Waals surface area contributed by atoms with Crippen molar-refractivity contribution in [3.63, 3.8) is 0 Å². The van der Waals surface area contributed by atoms with E-state index < -0.39 is 10.0 Å². The summed E-state index contributed by atoms with van der Waals surface area (Å²) in [6, 6.07) is 5.17. The first-order valence-corrected chi connectivity index (χ1v) is 8.42.